The zero-order chi connectivity index (χ0) is 20.9. The molecule has 0 unspecified atom stereocenters. The number of likely N-dealkylation sites (tertiary alicyclic amines) is 1. The van der Waals surface area contributed by atoms with Crippen molar-refractivity contribution in [2.24, 2.45) is 5.16 Å². The van der Waals surface area contributed by atoms with E-state index in [2.05, 4.69) is 25.4 Å². The fourth-order valence-electron chi connectivity index (χ4n) is 3.17. The van der Waals surface area contributed by atoms with E-state index in [4.69, 9.17) is 4.84 Å². The van der Waals surface area contributed by atoms with Gasteiger partial charge in [0.05, 0.1) is 18.8 Å². The van der Waals surface area contributed by atoms with Gasteiger partial charge < -0.3 is 15.1 Å². The summed E-state index contributed by atoms with van der Waals surface area (Å²) in [6.45, 7) is 2.85. The molecule has 4 heterocycles. The summed E-state index contributed by atoms with van der Waals surface area (Å²) in [6.07, 6.45) is 9.82. The molecule has 30 heavy (non-hydrogen) atoms. The largest absolute Gasteiger partial charge is 0.389 e. The SMILES string of the molecule is CC(Cc1ncccn1)=NOC1CN(C(=O)C=Cc2cnc3c(c2)CCC(=O)N3)C1. The quantitative estimate of drug-likeness (QED) is 0.443. The Balaban J connectivity index is 1.23. The lowest BCUT2D eigenvalue weighted by Gasteiger charge is -2.36. The number of oxime groups is 1. The number of amides is 2. The average molecular weight is 406 g/mol. The molecule has 1 saturated heterocycles. The van der Waals surface area contributed by atoms with Crippen molar-refractivity contribution < 1.29 is 14.4 Å². The van der Waals surface area contributed by atoms with Crippen LogP contribution in [0.4, 0.5) is 5.82 Å². The average Bonchev–Trinajstić information content (AvgIpc) is 2.71. The van der Waals surface area contributed by atoms with Gasteiger partial charge in [-0.25, -0.2) is 15.0 Å². The smallest absolute Gasteiger partial charge is 0.246 e. The number of nitrogens with one attached hydrogen (secondary N) is 1. The maximum Gasteiger partial charge on any atom is 0.246 e. The minimum atomic E-state index is -0.108. The van der Waals surface area contributed by atoms with Gasteiger partial charge in [0.2, 0.25) is 11.8 Å². The molecule has 9 nitrogen and oxygen atoms in total. The van der Waals surface area contributed by atoms with Crippen LogP contribution in [0, 0.1) is 0 Å². The third-order valence-corrected chi connectivity index (χ3v) is 4.84. The molecule has 4 rings (SSSR count). The molecular weight excluding hydrogens is 384 g/mol. The first-order valence-corrected chi connectivity index (χ1v) is 9.78. The predicted octanol–water partition coefficient (Wildman–Crippen LogP) is 1.62. The highest BCUT2D eigenvalue weighted by molar-refractivity contribution is 5.94. The second kappa shape index (κ2) is 8.81. The molecule has 0 aliphatic carbocycles. The summed E-state index contributed by atoms with van der Waals surface area (Å²) in [5.41, 5.74) is 2.59. The molecule has 0 atom stereocenters. The molecule has 1 N–H and O–H groups in total. The molecule has 0 bridgehead atoms. The Morgan fingerprint density at radius 2 is 2.10 bits per heavy atom. The van der Waals surface area contributed by atoms with E-state index < -0.39 is 0 Å². The van der Waals surface area contributed by atoms with Gasteiger partial charge in [0, 0.05) is 37.5 Å². The Kier molecular flexibility index (Phi) is 5.78. The number of hydrogen-bond acceptors (Lipinski definition) is 7. The summed E-state index contributed by atoms with van der Waals surface area (Å²) in [4.78, 5) is 43.5. The molecule has 0 radical (unpaired) electrons. The molecule has 0 spiro atoms. The molecule has 9 heteroatoms. The molecule has 2 aromatic rings. The van der Waals surface area contributed by atoms with Crippen LogP contribution < -0.4 is 5.32 Å². The van der Waals surface area contributed by atoms with Gasteiger partial charge in [-0.1, -0.05) is 5.16 Å². The van der Waals surface area contributed by atoms with E-state index in [9.17, 15) is 9.59 Å². The third kappa shape index (κ3) is 4.86. The number of aryl methyl sites for hydroxylation is 1. The molecule has 2 aliphatic heterocycles. The van der Waals surface area contributed by atoms with Crippen molar-refractivity contribution in [3.05, 3.63) is 53.8 Å². The Labute approximate surface area is 173 Å². The first-order chi connectivity index (χ1) is 14.6. The van der Waals surface area contributed by atoms with E-state index >= 15 is 0 Å². The summed E-state index contributed by atoms with van der Waals surface area (Å²) in [5, 5.41) is 6.86. The van der Waals surface area contributed by atoms with Crippen molar-refractivity contribution in [2.45, 2.75) is 32.3 Å². The number of pyridine rings is 1. The van der Waals surface area contributed by atoms with E-state index in [0.717, 1.165) is 16.8 Å². The van der Waals surface area contributed by atoms with Crippen LogP contribution in [0.3, 0.4) is 0 Å². The number of carbonyl (C=O) groups is 2. The van der Waals surface area contributed by atoms with Gasteiger partial charge in [0.25, 0.3) is 0 Å². The highest BCUT2D eigenvalue weighted by Crippen LogP contribution is 2.21. The topological polar surface area (TPSA) is 110 Å². The second-order valence-electron chi connectivity index (χ2n) is 7.30. The monoisotopic (exact) mass is 406 g/mol. The van der Waals surface area contributed by atoms with Crippen molar-refractivity contribution in [3.8, 4) is 0 Å². The van der Waals surface area contributed by atoms with Crippen LogP contribution in [0.1, 0.15) is 30.3 Å². The molecule has 154 valence electrons. The fraction of sp³-hybridized carbons (Fsp3) is 0.333. The Morgan fingerprint density at radius 1 is 1.30 bits per heavy atom. The van der Waals surface area contributed by atoms with E-state index in [-0.39, 0.29) is 17.9 Å². The first kappa shape index (κ1) is 19.7. The number of nitrogens with zero attached hydrogens (tertiary/aromatic N) is 5. The zero-order valence-electron chi connectivity index (χ0n) is 16.6. The summed E-state index contributed by atoms with van der Waals surface area (Å²) in [7, 11) is 0. The van der Waals surface area contributed by atoms with E-state index in [1.165, 1.54) is 6.08 Å². The van der Waals surface area contributed by atoms with Gasteiger partial charge in [-0.3, -0.25) is 9.59 Å². The molecule has 0 aromatic carbocycles. The van der Waals surface area contributed by atoms with E-state index in [1.54, 1.807) is 35.6 Å². The number of anilines is 1. The summed E-state index contributed by atoms with van der Waals surface area (Å²) in [5.74, 6) is 1.19. The van der Waals surface area contributed by atoms with Crippen LogP contribution in [-0.2, 0) is 27.3 Å². The lowest BCUT2D eigenvalue weighted by atomic mass is 10.0. The minimum Gasteiger partial charge on any atom is -0.389 e. The predicted molar refractivity (Wildman–Crippen MR) is 111 cm³/mol. The van der Waals surface area contributed by atoms with E-state index in [0.29, 0.717) is 44.0 Å². The standard InChI is InChI=1S/C21H22N6O3/c1-14(9-18-22-7-2-8-23-18)26-30-17-12-27(13-17)20(29)6-3-15-10-16-4-5-19(28)25-21(16)24-11-15/h2-3,6-8,10-11,17H,4-5,9,12-13H2,1H3,(H,24,25,28). The number of hydrogen-bond donors (Lipinski definition) is 1. The van der Waals surface area contributed by atoms with Crippen molar-refractivity contribution >= 4 is 29.4 Å². The summed E-state index contributed by atoms with van der Waals surface area (Å²) >= 11 is 0. The molecular formula is C21H22N6O3. The maximum atomic E-state index is 12.3. The van der Waals surface area contributed by atoms with Crippen LogP contribution in [0.15, 0.2) is 42.0 Å². The van der Waals surface area contributed by atoms with Crippen LogP contribution in [0.5, 0.6) is 0 Å². The van der Waals surface area contributed by atoms with Gasteiger partial charge in [-0.05, 0) is 42.7 Å². The van der Waals surface area contributed by atoms with Crippen LogP contribution in [-0.4, -0.2) is 56.6 Å². The lowest BCUT2D eigenvalue weighted by molar-refractivity contribution is -0.139. The summed E-state index contributed by atoms with van der Waals surface area (Å²) in [6, 6.07) is 3.71. The zero-order valence-corrected chi connectivity index (χ0v) is 16.6. The van der Waals surface area contributed by atoms with Crippen LogP contribution in [0.25, 0.3) is 6.08 Å². The van der Waals surface area contributed by atoms with Gasteiger partial charge >= 0.3 is 0 Å². The van der Waals surface area contributed by atoms with Crippen molar-refractivity contribution in [1.82, 2.24) is 19.9 Å². The normalized spacial score (nSPS) is 16.8. The molecule has 0 saturated carbocycles. The van der Waals surface area contributed by atoms with Crippen molar-refractivity contribution in [2.75, 3.05) is 18.4 Å². The Morgan fingerprint density at radius 3 is 2.90 bits per heavy atom. The van der Waals surface area contributed by atoms with Crippen LogP contribution in [0.2, 0.25) is 0 Å². The Bertz CT molecular complexity index is 999. The lowest BCUT2D eigenvalue weighted by Crippen LogP contribution is -2.53. The molecule has 1 fully saturated rings. The minimum absolute atomic E-state index is 0.0176. The number of rotatable bonds is 6. The summed E-state index contributed by atoms with van der Waals surface area (Å²) < 4.78 is 0. The Hall–Kier alpha value is -3.62. The maximum absolute atomic E-state index is 12.3. The number of fused-ring (bicyclic) bond motifs is 1. The highest BCUT2D eigenvalue weighted by Gasteiger charge is 2.31. The van der Waals surface area contributed by atoms with Crippen LogP contribution >= 0.6 is 0 Å². The van der Waals surface area contributed by atoms with Gasteiger partial charge in [-0.15, -0.1) is 0 Å². The van der Waals surface area contributed by atoms with Crippen molar-refractivity contribution in [3.63, 3.8) is 0 Å². The number of carbonyl (C=O) groups excluding carboxylic acids is 2. The van der Waals surface area contributed by atoms with Gasteiger partial charge in [0.15, 0.2) is 6.10 Å². The van der Waals surface area contributed by atoms with Crippen molar-refractivity contribution in [1.29, 1.82) is 0 Å². The van der Waals surface area contributed by atoms with E-state index in [1.807, 2.05) is 13.0 Å². The molecule has 2 amide bonds. The molecule has 2 aromatic heterocycles. The van der Waals surface area contributed by atoms with Gasteiger partial charge in [-0.2, -0.15) is 0 Å². The first-order valence-electron chi connectivity index (χ1n) is 9.78. The van der Waals surface area contributed by atoms with Gasteiger partial charge in [0.1, 0.15) is 11.6 Å². The second-order valence-corrected chi connectivity index (χ2v) is 7.30. The highest BCUT2D eigenvalue weighted by atomic mass is 16.6. The molecule has 2 aliphatic rings. The number of aromatic nitrogens is 3. The fourth-order valence-corrected chi connectivity index (χ4v) is 3.17. The third-order valence-electron chi connectivity index (χ3n) is 4.84.